The molecule has 1 N–H and O–H groups in total. The number of benzene rings is 2. The van der Waals surface area contributed by atoms with Crippen molar-refractivity contribution in [3.63, 3.8) is 0 Å². The minimum Gasteiger partial charge on any atom is -0.481 e. The van der Waals surface area contributed by atoms with Gasteiger partial charge >= 0.3 is 0 Å². The lowest BCUT2D eigenvalue weighted by Gasteiger charge is -2.28. The Hall–Kier alpha value is -2.41. The minimum atomic E-state index is -0.694. The lowest BCUT2D eigenvalue weighted by atomic mass is 10.1. The smallest absolute Gasteiger partial charge is 0.261 e. The Balaban J connectivity index is 2.13. The van der Waals surface area contributed by atoms with Crippen LogP contribution in [0.25, 0.3) is 0 Å². The Morgan fingerprint density at radius 1 is 1.19 bits per heavy atom. The maximum absolute atomic E-state index is 13.6. The number of hydrogen-bond donors (Lipinski definition) is 1. The Bertz CT molecular complexity index is 768. The Labute approximate surface area is 160 Å². The Kier molecular flexibility index (Phi) is 7.15. The van der Waals surface area contributed by atoms with Gasteiger partial charge in [0.2, 0.25) is 5.91 Å². The van der Waals surface area contributed by atoms with Crippen LogP contribution in [0.1, 0.15) is 12.5 Å². The first-order chi connectivity index (χ1) is 12.4. The van der Waals surface area contributed by atoms with Gasteiger partial charge in [0.25, 0.3) is 5.91 Å². The molecular weight excluding hydrogens is 403 g/mol. The molecule has 0 saturated carbocycles. The molecule has 0 aromatic heterocycles. The van der Waals surface area contributed by atoms with E-state index in [1.807, 2.05) is 24.3 Å². The predicted octanol–water partition coefficient (Wildman–Crippen LogP) is 3.13. The van der Waals surface area contributed by atoms with Gasteiger partial charge in [-0.3, -0.25) is 9.59 Å². The summed E-state index contributed by atoms with van der Waals surface area (Å²) in [7, 11) is 1.51. The van der Waals surface area contributed by atoms with E-state index in [1.165, 1.54) is 30.1 Å². The van der Waals surface area contributed by atoms with E-state index in [9.17, 15) is 14.0 Å². The van der Waals surface area contributed by atoms with Gasteiger partial charge in [-0.15, -0.1) is 0 Å². The van der Waals surface area contributed by atoms with Crippen LogP contribution < -0.4 is 10.1 Å². The van der Waals surface area contributed by atoms with Gasteiger partial charge < -0.3 is 15.0 Å². The molecule has 0 unspecified atom stereocenters. The van der Waals surface area contributed by atoms with Gasteiger partial charge in [0, 0.05) is 18.1 Å². The van der Waals surface area contributed by atoms with E-state index in [0.717, 1.165) is 10.0 Å². The Morgan fingerprint density at radius 2 is 1.85 bits per heavy atom. The van der Waals surface area contributed by atoms with E-state index in [4.69, 9.17) is 4.74 Å². The van der Waals surface area contributed by atoms with Gasteiger partial charge in [-0.2, -0.15) is 0 Å². The van der Waals surface area contributed by atoms with E-state index < -0.39 is 17.8 Å². The quantitative estimate of drug-likeness (QED) is 0.745. The first kappa shape index (κ1) is 19.9. The van der Waals surface area contributed by atoms with Crippen molar-refractivity contribution in [3.05, 3.63) is 64.4 Å². The van der Waals surface area contributed by atoms with Crippen LogP contribution in [0.4, 0.5) is 4.39 Å². The second-order valence-electron chi connectivity index (χ2n) is 5.66. The van der Waals surface area contributed by atoms with Crippen LogP contribution in [0.2, 0.25) is 0 Å². The minimum absolute atomic E-state index is 0.00274. The van der Waals surface area contributed by atoms with Gasteiger partial charge in [-0.25, -0.2) is 4.39 Å². The molecule has 0 heterocycles. The molecule has 138 valence electrons. The summed E-state index contributed by atoms with van der Waals surface area (Å²) in [6.07, 6.45) is 0. The largest absolute Gasteiger partial charge is 0.481 e. The molecule has 7 heteroatoms. The number of halogens is 2. The number of rotatable bonds is 7. The zero-order chi connectivity index (χ0) is 19.1. The summed E-state index contributed by atoms with van der Waals surface area (Å²) in [6, 6.07) is 12.6. The third-order valence-electron chi connectivity index (χ3n) is 3.87. The molecule has 0 fully saturated rings. The molecule has 5 nitrogen and oxygen atoms in total. The van der Waals surface area contributed by atoms with Crippen LogP contribution in [0.5, 0.6) is 5.75 Å². The number of hydrogen-bond acceptors (Lipinski definition) is 3. The van der Waals surface area contributed by atoms with Crippen LogP contribution in [-0.4, -0.2) is 36.4 Å². The van der Waals surface area contributed by atoms with Crippen molar-refractivity contribution in [1.29, 1.82) is 0 Å². The van der Waals surface area contributed by atoms with Crippen molar-refractivity contribution in [1.82, 2.24) is 10.2 Å². The van der Waals surface area contributed by atoms with E-state index >= 15 is 0 Å². The summed E-state index contributed by atoms with van der Waals surface area (Å²) in [4.78, 5) is 26.1. The molecule has 0 radical (unpaired) electrons. The lowest BCUT2D eigenvalue weighted by Crippen LogP contribution is -2.48. The zero-order valence-corrected chi connectivity index (χ0v) is 16.1. The number of nitrogens with one attached hydrogen (secondary N) is 1. The van der Waals surface area contributed by atoms with Crippen LogP contribution in [-0.2, 0) is 16.1 Å². The fourth-order valence-corrected chi connectivity index (χ4v) is 2.63. The molecule has 2 aromatic rings. The van der Waals surface area contributed by atoms with E-state index in [2.05, 4.69) is 21.2 Å². The van der Waals surface area contributed by atoms with Gasteiger partial charge in [-0.05, 0) is 36.8 Å². The maximum atomic E-state index is 13.6. The number of ether oxygens (including phenoxy) is 1. The average molecular weight is 423 g/mol. The lowest BCUT2D eigenvalue weighted by molar-refractivity contribution is -0.142. The molecular formula is C19H20BrFN2O3. The predicted molar refractivity (Wildman–Crippen MR) is 100 cm³/mol. The highest BCUT2D eigenvalue weighted by Gasteiger charge is 2.26. The van der Waals surface area contributed by atoms with Crippen LogP contribution in [0.15, 0.2) is 53.0 Å². The first-order valence-electron chi connectivity index (χ1n) is 8.05. The summed E-state index contributed by atoms with van der Waals surface area (Å²) in [6.45, 7) is 1.51. The van der Waals surface area contributed by atoms with Gasteiger partial charge in [-0.1, -0.05) is 40.2 Å². The fraction of sp³-hybridized carbons (Fsp3) is 0.263. The third-order valence-corrected chi connectivity index (χ3v) is 4.40. The molecule has 2 aromatic carbocycles. The summed E-state index contributed by atoms with van der Waals surface area (Å²) < 4.78 is 19.9. The normalized spacial score (nSPS) is 11.5. The van der Waals surface area contributed by atoms with Crippen molar-refractivity contribution in [3.8, 4) is 5.75 Å². The molecule has 0 spiro atoms. The second kappa shape index (κ2) is 9.33. The molecule has 0 bridgehead atoms. The number of nitrogens with zero attached hydrogens (tertiary/aromatic N) is 1. The SMILES string of the molecule is CNC(=O)[C@@H](C)N(Cc1ccc(Br)cc1)C(=O)COc1ccccc1F. The standard InChI is InChI=1S/C19H20BrFN2O3/c1-13(19(25)22-2)23(11-14-7-9-15(20)10-8-14)18(24)12-26-17-6-4-3-5-16(17)21/h3-10,13H,11-12H2,1-2H3,(H,22,25)/t13-/m1/s1. The summed E-state index contributed by atoms with van der Waals surface area (Å²) >= 11 is 3.36. The number of amides is 2. The number of carbonyl (C=O) groups excluding carboxylic acids is 2. The molecule has 0 aliphatic rings. The second-order valence-corrected chi connectivity index (χ2v) is 6.57. The molecule has 0 aliphatic carbocycles. The van der Waals surface area contributed by atoms with Crippen molar-refractivity contribution in [2.75, 3.05) is 13.7 Å². The monoisotopic (exact) mass is 422 g/mol. The zero-order valence-electron chi connectivity index (χ0n) is 14.5. The summed E-state index contributed by atoms with van der Waals surface area (Å²) in [5.74, 6) is -1.25. The highest BCUT2D eigenvalue weighted by atomic mass is 79.9. The third kappa shape index (κ3) is 5.29. The first-order valence-corrected chi connectivity index (χ1v) is 8.84. The van der Waals surface area contributed by atoms with Crippen LogP contribution in [0, 0.1) is 5.82 Å². The topological polar surface area (TPSA) is 58.6 Å². The van der Waals surface area contributed by atoms with Crippen LogP contribution >= 0.6 is 15.9 Å². The molecule has 2 amide bonds. The summed E-state index contributed by atoms with van der Waals surface area (Å²) in [5.41, 5.74) is 0.864. The molecule has 0 aliphatic heterocycles. The van der Waals surface area contributed by atoms with Crippen molar-refractivity contribution < 1.29 is 18.7 Å². The van der Waals surface area contributed by atoms with Crippen molar-refractivity contribution >= 4 is 27.7 Å². The maximum Gasteiger partial charge on any atom is 0.261 e. The molecule has 1 atom stereocenters. The van der Waals surface area contributed by atoms with Crippen LogP contribution in [0.3, 0.4) is 0 Å². The summed E-state index contributed by atoms with van der Waals surface area (Å²) in [5, 5.41) is 2.54. The highest BCUT2D eigenvalue weighted by Crippen LogP contribution is 2.17. The fourth-order valence-electron chi connectivity index (χ4n) is 2.36. The molecule has 2 rings (SSSR count). The van der Waals surface area contributed by atoms with Gasteiger partial charge in [0.15, 0.2) is 18.2 Å². The van der Waals surface area contributed by atoms with Gasteiger partial charge in [0.05, 0.1) is 0 Å². The highest BCUT2D eigenvalue weighted by molar-refractivity contribution is 9.10. The molecule has 26 heavy (non-hydrogen) atoms. The van der Waals surface area contributed by atoms with Crippen molar-refractivity contribution in [2.24, 2.45) is 0 Å². The Morgan fingerprint density at radius 3 is 2.46 bits per heavy atom. The van der Waals surface area contributed by atoms with Gasteiger partial charge in [0.1, 0.15) is 6.04 Å². The number of para-hydroxylation sites is 1. The average Bonchev–Trinajstić information content (AvgIpc) is 2.65. The van der Waals surface area contributed by atoms with E-state index in [0.29, 0.717) is 0 Å². The van der Waals surface area contributed by atoms with Crippen molar-refractivity contribution in [2.45, 2.75) is 19.5 Å². The van der Waals surface area contributed by atoms with E-state index in [1.54, 1.807) is 13.0 Å². The number of likely N-dealkylation sites (N-methyl/N-ethyl adjacent to an activating group) is 1. The number of carbonyl (C=O) groups is 2. The molecule has 0 saturated heterocycles. The van der Waals surface area contributed by atoms with E-state index in [-0.39, 0.29) is 24.8 Å².